The van der Waals surface area contributed by atoms with Crippen molar-refractivity contribution in [1.82, 2.24) is 9.38 Å². The molecule has 0 aliphatic heterocycles. The van der Waals surface area contributed by atoms with Gasteiger partial charge in [-0.2, -0.15) is 13.2 Å². The molecule has 3 rings (SSSR count). The van der Waals surface area contributed by atoms with E-state index in [1.54, 1.807) is 24.3 Å². The van der Waals surface area contributed by atoms with Gasteiger partial charge < -0.3 is 4.40 Å². The van der Waals surface area contributed by atoms with Crippen LogP contribution >= 0.6 is 11.6 Å². The Bertz CT molecular complexity index is 777. The Morgan fingerprint density at radius 2 is 1.75 bits per heavy atom. The number of rotatable bonds is 1. The lowest BCUT2D eigenvalue weighted by Crippen LogP contribution is -2.05. The maximum Gasteiger partial charge on any atom is 0.417 e. The van der Waals surface area contributed by atoms with Crippen LogP contribution in [-0.4, -0.2) is 9.38 Å². The second-order valence-corrected chi connectivity index (χ2v) is 4.69. The molecule has 20 heavy (non-hydrogen) atoms. The molecule has 0 radical (unpaired) electrons. The van der Waals surface area contributed by atoms with Gasteiger partial charge in [-0.05, 0) is 18.2 Å². The van der Waals surface area contributed by atoms with E-state index in [2.05, 4.69) is 4.98 Å². The van der Waals surface area contributed by atoms with Gasteiger partial charge in [-0.25, -0.2) is 4.98 Å². The van der Waals surface area contributed by atoms with Crippen LogP contribution in [-0.2, 0) is 6.18 Å². The van der Waals surface area contributed by atoms with E-state index >= 15 is 0 Å². The topological polar surface area (TPSA) is 17.3 Å². The van der Waals surface area contributed by atoms with E-state index < -0.39 is 11.7 Å². The van der Waals surface area contributed by atoms with E-state index in [9.17, 15) is 13.2 Å². The average molecular weight is 297 g/mol. The summed E-state index contributed by atoms with van der Waals surface area (Å²) < 4.78 is 39.3. The predicted octanol–water partition coefficient (Wildman–Crippen LogP) is 4.67. The molecular formula is C14H8ClF3N2. The maximum atomic E-state index is 12.7. The van der Waals surface area contributed by atoms with Gasteiger partial charge in [0.05, 0.1) is 16.3 Å². The number of fused-ring (bicyclic) bond motifs is 1. The second-order valence-electron chi connectivity index (χ2n) is 4.29. The zero-order chi connectivity index (χ0) is 14.3. The van der Waals surface area contributed by atoms with Crippen LogP contribution < -0.4 is 0 Å². The minimum Gasteiger partial charge on any atom is -0.306 e. The van der Waals surface area contributed by atoms with Crippen LogP contribution in [0.3, 0.4) is 0 Å². The fraction of sp³-hybridized carbons (Fsp3) is 0.0714. The van der Waals surface area contributed by atoms with E-state index in [0.717, 1.165) is 12.3 Å². The van der Waals surface area contributed by atoms with Crippen molar-refractivity contribution in [2.24, 2.45) is 0 Å². The van der Waals surface area contributed by atoms with Gasteiger partial charge in [-0.1, -0.05) is 29.8 Å². The molecule has 2 heterocycles. The van der Waals surface area contributed by atoms with Crippen molar-refractivity contribution in [2.45, 2.75) is 6.18 Å². The highest BCUT2D eigenvalue weighted by molar-refractivity contribution is 6.33. The van der Waals surface area contributed by atoms with E-state index in [4.69, 9.17) is 11.6 Å². The highest BCUT2D eigenvalue weighted by Gasteiger charge is 2.30. The first kappa shape index (κ1) is 13.0. The minimum absolute atomic E-state index is 0.438. The van der Waals surface area contributed by atoms with Crippen molar-refractivity contribution in [1.29, 1.82) is 0 Å². The van der Waals surface area contributed by atoms with Gasteiger partial charge >= 0.3 is 6.18 Å². The van der Waals surface area contributed by atoms with Crippen molar-refractivity contribution in [3.8, 4) is 11.3 Å². The van der Waals surface area contributed by atoms with Crippen molar-refractivity contribution >= 4 is 17.2 Å². The SMILES string of the molecule is FC(F)(F)c1ccc2nc(-c3ccccc3Cl)cn2c1. The third-order valence-electron chi connectivity index (χ3n) is 2.93. The maximum absolute atomic E-state index is 12.7. The first-order valence-electron chi connectivity index (χ1n) is 5.76. The molecule has 0 amide bonds. The Morgan fingerprint density at radius 3 is 2.45 bits per heavy atom. The number of benzene rings is 1. The molecule has 2 aromatic heterocycles. The van der Waals surface area contributed by atoms with Crippen molar-refractivity contribution in [3.05, 3.63) is 59.4 Å². The Balaban J connectivity index is 2.14. The van der Waals surface area contributed by atoms with Crippen molar-refractivity contribution < 1.29 is 13.2 Å². The van der Waals surface area contributed by atoms with Gasteiger partial charge in [0.2, 0.25) is 0 Å². The summed E-state index contributed by atoms with van der Waals surface area (Å²) in [5.74, 6) is 0. The summed E-state index contributed by atoms with van der Waals surface area (Å²) in [4.78, 5) is 4.28. The molecule has 0 aliphatic rings. The minimum atomic E-state index is -4.37. The first-order chi connectivity index (χ1) is 9.45. The molecule has 1 aromatic carbocycles. The number of hydrogen-bond donors (Lipinski definition) is 0. The van der Waals surface area contributed by atoms with Gasteiger partial charge in [0, 0.05) is 18.0 Å². The van der Waals surface area contributed by atoms with Crippen LogP contribution in [0.5, 0.6) is 0 Å². The average Bonchev–Trinajstić information content (AvgIpc) is 2.80. The van der Waals surface area contributed by atoms with Crippen LogP contribution in [0.25, 0.3) is 16.9 Å². The van der Waals surface area contributed by atoms with Gasteiger partial charge in [0.1, 0.15) is 5.65 Å². The van der Waals surface area contributed by atoms with Crippen molar-refractivity contribution in [3.63, 3.8) is 0 Å². The largest absolute Gasteiger partial charge is 0.417 e. The van der Waals surface area contributed by atoms with Crippen LogP contribution in [0, 0.1) is 0 Å². The van der Waals surface area contributed by atoms with Crippen molar-refractivity contribution in [2.75, 3.05) is 0 Å². The quantitative estimate of drug-likeness (QED) is 0.637. The van der Waals surface area contributed by atoms with E-state index in [0.29, 0.717) is 21.9 Å². The van der Waals surface area contributed by atoms with Gasteiger partial charge in [0.15, 0.2) is 0 Å². The molecular weight excluding hydrogens is 289 g/mol. The lowest BCUT2D eigenvalue weighted by Gasteiger charge is -2.05. The van der Waals surface area contributed by atoms with Crippen LogP contribution in [0.2, 0.25) is 5.02 Å². The molecule has 0 spiro atoms. The number of nitrogens with zero attached hydrogens (tertiary/aromatic N) is 2. The van der Waals surface area contributed by atoms with E-state index in [-0.39, 0.29) is 0 Å². The normalized spacial score (nSPS) is 12.0. The molecule has 0 N–H and O–H groups in total. The van der Waals surface area contributed by atoms with E-state index in [1.165, 1.54) is 16.7 Å². The van der Waals surface area contributed by atoms with Gasteiger partial charge in [-0.3, -0.25) is 0 Å². The summed E-state index contributed by atoms with van der Waals surface area (Å²) in [5.41, 5.74) is 0.947. The Morgan fingerprint density at radius 1 is 1.00 bits per heavy atom. The highest BCUT2D eigenvalue weighted by atomic mass is 35.5. The fourth-order valence-corrected chi connectivity index (χ4v) is 2.19. The molecule has 3 aromatic rings. The summed E-state index contributed by atoms with van der Waals surface area (Å²) in [6.07, 6.45) is -1.82. The molecule has 6 heteroatoms. The molecule has 102 valence electrons. The number of hydrogen-bond acceptors (Lipinski definition) is 1. The lowest BCUT2D eigenvalue weighted by molar-refractivity contribution is -0.137. The molecule has 0 aliphatic carbocycles. The second kappa shape index (κ2) is 4.52. The summed E-state index contributed by atoms with van der Waals surface area (Å²) in [5, 5.41) is 0.506. The number of imidazole rings is 1. The number of halogens is 4. The standard InChI is InChI=1S/C14H8ClF3N2/c15-11-4-2-1-3-10(11)12-8-20-7-9(14(16,17)18)5-6-13(20)19-12/h1-8H. The summed E-state index contributed by atoms with van der Waals surface area (Å²) in [6, 6.07) is 9.41. The molecule has 0 atom stereocenters. The zero-order valence-corrected chi connectivity index (χ0v) is 10.8. The highest BCUT2D eigenvalue weighted by Crippen LogP contribution is 2.31. The van der Waals surface area contributed by atoms with Crippen LogP contribution in [0.1, 0.15) is 5.56 Å². The van der Waals surface area contributed by atoms with Gasteiger partial charge in [-0.15, -0.1) is 0 Å². The Hall–Kier alpha value is -2.01. The summed E-state index contributed by atoms with van der Waals surface area (Å²) >= 11 is 6.06. The number of pyridine rings is 1. The lowest BCUT2D eigenvalue weighted by atomic mass is 10.2. The molecule has 0 saturated carbocycles. The summed E-state index contributed by atoms with van der Waals surface area (Å²) in [7, 11) is 0. The molecule has 0 fully saturated rings. The van der Waals surface area contributed by atoms with Gasteiger partial charge in [0.25, 0.3) is 0 Å². The smallest absolute Gasteiger partial charge is 0.306 e. The molecule has 0 saturated heterocycles. The van der Waals surface area contributed by atoms with E-state index in [1.807, 2.05) is 0 Å². The zero-order valence-electron chi connectivity index (χ0n) is 10.0. The molecule has 0 bridgehead atoms. The third-order valence-corrected chi connectivity index (χ3v) is 3.26. The summed E-state index contributed by atoms with van der Waals surface area (Å²) in [6.45, 7) is 0. The Labute approximate surface area is 117 Å². The first-order valence-corrected chi connectivity index (χ1v) is 6.14. The molecule has 0 unspecified atom stereocenters. The Kier molecular flexibility index (Phi) is 2.94. The van der Waals surface area contributed by atoms with Crippen LogP contribution in [0.15, 0.2) is 48.8 Å². The molecule has 2 nitrogen and oxygen atoms in total. The predicted molar refractivity (Wildman–Crippen MR) is 70.6 cm³/mol. The number of alkyl halides is 3. The number of aromatic nitrogens is 2. The monoisotopic (exact) mass is 296 g/mol. The third kappa shape index (κ3) is 2.25. The van der Waals surface area contributed by atoms with Crippen LogP contribution in [0.4, 0.5) is 13.2 Å². The fourth-order valence-electron chi connectivity index (χ4n) is 1.96.